The van der Waals surface area contributed by atoms with Gasteiger partial charge in [0, 0.05) is 29.7 Å². The molecular weight excluding hydrogens is 377 g/mol. The zero-order valence-electron chi connectivity index (χ0n) is 16.5. The van der Waals surface area contributed by atoms with Gasteiger partial charge in [0.2, 0.25) is 5.91 Å². The van der Waals surface area contributed by atoms with E-state index in [1.165, 1.54) is 17.4 Å². The number of carbonyl (C=O) groups is 1. The van der Waals surface area contributed by atoms with E-state index in [2.05, 4.69) is 15.3 Å². The maximum atomic E-state index is 14.0. The van der Waals surface area contributed by atoms with Crippen LogP contribution in [-0.2, 0) is 16.6 Å². The molecule has 1 amide bonds. The van der Waals surface area contributed by atoms with Crippen LogP contribution < -0.4 is 10.9 Å². The molecule has 148 valence electrons. The largest absolute Gasteiger partial charge is 0.355 e. The highest BCUT2D eigenvalue weighted by atomic mass is 32.1. The van der Waals surface area contributed by atoms with Crippen LogP contribution in [0, 0.1) is 19.7 Å². The van der Waals surface area contributed by atoms with Crippen molar-refractivity contribution in [2.45, 2.75) is 46.0 Å². The average molecular weight is 402 g/mol. The van der Waals surface area contributed by atoms with Crippen molar-refractivity contribution < 1.29 is 9.18 Å². The van der Waals surface area contributed by atoms with E-state index in [-0.39, 0.29) is 23.7 Å². The maximum Gasteiger partial charge on any atom is 0.259 e. The van der Waals surface area contributed by atoms with Gasteiger partial charge in [-0.1, -0.05) is 32.0 Å². The van der Waals surface area contributed by atoms with Crippen molar-refractivity contribution >= 4 is 27.5 Å². The molecule has 0 aliphatic carbocycles. The number of hydrogen-bond acceptors (Lipinski definition) is 4. The van der Waals surface area contributed by atoms with Crippen LogP contribution in [0.2, 0.25) is 0 Å². The first-order chi connectivity index (χ1) is 13.2. The van der Waals surface area contributed by atoms with Crippen LogP contribution in [0.3, 0.4) is 0 Å². The predicted molar refractivity (Wildman–Crippen MR) is 110 cm³/mol. The molecule has 0 unspecified atom stereocenters. The van der Waals surface area contributed by atoms with E-state index >= 15 is 0 Å². The fraction of sp³-hybridized carbons (Fsp3) is 0.381. The van der Waals surface area contributed by atoms with Crippen LogP contribution in [0.4, 0.5) is 4.39 Å². The normalized spacial score (nSPS) is 11.8. The molecule has 3 rings (SSSR count). The highest BCUT2D eigenvalue weighted by molar-refractivity contribution is 7.18. The Hall–Kier alpha value is -2.54. The number of halogens is 1. The SMILES string of the molecule is Cc1sc2nc(CCC(=O)NCC(C)(C)c3ccccc3F)[nH]c(=O)c2c1C. The molecule has 1 aromatic carbocycles. The standard InChI is InChI=1S/C21H24FN3O2S/c1-12-13(2)28-20-18(12)19(27)24-16(25-20)9-10-17(26)23-11-21(3,4)14-7-5-6-8-15(14)22/h5-8H,9-11H2,1-4H3,(H,23,26)(H,24,25,27). The van der Waals surface area contributed by atoms with Gasteiger partial charge in [-0.15, -0.1) is 11.3 Å². The molecule has 0 atom stereocenters. The molecule has 0 aliphatic heterocycles. The van der Waals surface area contributed by atoms with E-state index in [0.29, 0.717) is 34.6 Å². The fourth-order valence-electron chi connectivity index (χ4n) is 3.16. The van der Waals surface area contributed by atoms with Crippen molar-refractivity contribution in [2.24, 2.45) is 0 Å². The minimum absolute atomic E-state index is 0.161. The number of thiophene rings is 1. The van der Waals surface area contributed by atoms with Crippen LogP contribution in [0.1, 0.15) is 42.1 Å². The summed E-state index contributed by atoms with van der Waals surface area (Å²) in [6.07, 6.45) is 0.540. The molecule has 5 nitrogen and oxygen atoms in total. The molecule has 2 aromatic heterocycles. The summed E-state index contributed by atoms with van der Waals surface area (Å²) < 4.78 is 14.0. The lowest BCUT2D eigenvalue weighted by molar-refractivity contribution is -0.121. The van der Waals surface area contributed by atoms with Crippen molar-refractivity contribution in [1.29, 1.82) is 0 Å². The lowest BCUT2D eigenvalue weighted by Crippen LogP contribution is -2.37. The third-order valence-corrected chi connectivity index (χ3v) is 6.11. The van der Waals surface area contributed by atoms with E-state index < -0.39 is 5.41 Å². The molecule has 0 radical (unpaired) electrons. The van der Waals surface area contributed by atoms with E-state index in [1.54, 1.807) is 18.2 Å². The van der Waals surface area contributed by atoms with Crippen molar-refractivity contribution in [3.05, 3.63) is 62.3 Å². The van der Waals surface area contributed by atoms with Crippen LogP contribution in [0.5, 0.6) is 0 Å². The molecule has 0 saturated carbocycles. The number of H-pyrrole nitrogens is 1. The Morgan fingerprint density at radius 1 is 1.29 bits per heavy atom. The monoisotopic (exact) mass is 401 g/mol. The summed E-state index contributed by atoms with van der Waals surface area (Å²) in [5, 5.41) is 3.49. The molecule has 0 fully saturated rings. The van der Waals surface area contributed by atoms with E-state index in [9.17, 15) is 14.0 Å². The number of hydrogen-bond donors (Lipinski definition) is 2. The Morgan fingerprint density at radius 2 is 2.00 bits per heavy atom. The Morgan fingerprint density at radius 3 is 2.71 bits per heavy atom. The number of fused-ring (bicyclic) bond motifs is 1. The second kappa shape index (κ2) is 7.83. The fourth-order valence-corrected chi connectivity index (χ4v) is 4.21. The zero-order chi connectivity index (χ0) is 20.5. The van der Waals surface area contributed by atoms with Gasteiger partial charge in [-0.3, -0.25) is 9.59 Å². The van der Waals surface area contributed by atoms with E-state index in [0.717, 1.165) is 10.4 Å². The van der Waals surface area contributed by atoms with Gasteiger partial charge in [-0.2, -0.15) is 0 Å². The van der Waals surface area contributed by atoms with Crippen LogP contribution in [0.25, 0.3) is 10.2 Å². The number of aromatic nitrogens is 2. The number of carbonyl (C=O) groups excluding carboxylic acids is 1. The second-order valence-corrected chi connectivity index (χ2v) is 8.82. The first kappa shape index (κ1) is 20.2. The number of aryl methyl sites for hydroxylation is 3. The maximum absolute atomic E-state index is 14.0. The average Bonchev–Trinajstić information content (AvgIpc) is 2.93. The number of aromatic amines is 1. The summed E-state index contributed by atoms with van der Waals surface area (Å²) in [6.45, 7) is 7.97. The smallest absolute Gasteiger partial charge is 0.259 e. The lowest BCUT2D eigenvalue weighted by Gasteiger charge is -2.26. The second-order valence-electron chi connectivity index (χ2n) is 7.62. The van der Waals surface area contributed by atoms with Crippen LogP contribution in [-0.4, -0.2) is 22.4 Å². The number of nitrogens with zero attached hydrogens (tertiary/aromatic N) is 1. The van der Waals surface area contributed by atoms with Gasteiger partial charge in [0.25, 0.3) is 5.56 Å². The van der Waals surface area contributed by atoms with Crippen molar-refractivity contribution in [1.82, 2.24) is 15.3 Å². The van der Waals surface area contributed by atoms with Gasteiger partial charge in [0.1, 0.15) is 16.5 Å². The summed E-state index contributed by atoms with van der Waals surface area (Å²) in [6, 6.07) is 6.59. The summed E-state index contributed by atoms with van der Waals surface area (Å²) in [7, 11) is 0. The highest BCUT2D eigenvalue weighted by Gasteiger charge is 2.24. The molecule has 2 N–H and O–H groups in total. The lowest BCUT2D eigenvalue weighted by atomic mass is 9.84. The molecule has 2 heterocycles. The Bertz CT molecular complexity index is 1080. The molecule has 0 bridgehead atoms. The summed E-state index contributed by atoms with van der Waals surface area (Å²) in [4.78, 5) is 33.6. The van der Waals surface area contributed by atoms with Crippen molar-refractivity contribution in [3.8, 4) is 0 Å². The van der Waals surface area contributed by atoms with E-state index in [1.807, 2.05) is 27.7 Å². The first-order valence-corrected chi connectivity index (χ1v) is 10.0. The van der Waals surface area contributed by atoms with Gasteiger partial charge in [0.15, 0.2) is 0 Å². The minimum atomic E-state index is -0.529. The topological polar surface area (TPSA) is 74.8 Å². The van der Waals surface area contributed by atoms with Gasteiger partial charge >= 0.3 is 0 Å². The first-order valence-electron chi connectivity index (χ1n) is 9.19. The third kappa shape index (κ3) is 4.14. The van der Waals surface area contributed by atoms with E-state index in [4.69, 9.17) is 0 Å². The highest BCUT2D eigenvalue weighted by Crippen LogP contribution is 2.26. The summed E-state index contributed by atoms with van der Waals surface area (Å²) in [5.41, 5.74) is 0.824. The number of nitrogens with one attached hydrogen (secondary N) is 2. The molecule has 28 heavy (non-hydrogen) atoms. The molecule has 7 heteroatoms. The molecular formula is C21H24FN3O2S. The number of benzene rings is 1. The number of amides is 1. The molecule has 0 aliphatic rings. The third-order valence-electron chi connectivity index (χ3n) is 5.01. The van der Waals surface area contributed by atoms with Gasteiger partial charge in [-0.05, 0) is 31.0 Å². The Balaban J connectivity index is 1.62. The number of rotatable bonds is 6. The minimum Gasteiger partial charge on any atom is -0.355 e. The quantitative estimate of drug-likeness (QED) is 0.660. The van der Waals surface area contributed by atoms with Gasteiger partial charge in [0.05, 0.1) is 5.39 Å². The molecule has 0 spiro atoms. The Labute approximate surface area is 167 Å². The van der Waals surface area contributed by atoms with Crippen molar-refractivity contribution in [2.75, 3.05) is 6.54 Å². The van der Waals surface area contributed by atoms with Crippen LogP contribution >= 0.6 is 11.3 Å². The Kier molecular flexibility index (Phi) is 5.65. The van der Waals surface area contributed by atoms with Crippen molar-refractivity contribution in [3.63, 3.8) is 0 Å². The predicted octanol–water partition coefficient (Wildman–Crippen LogP) is 3.77. The van der Waals surface area contributed by atoms with Gasteiger partial charge < -0.3 is 10.3 Å². The van der Waals surface area contributed by atoms with Crippen LogP contribution in [0.15, 0.2) is 29.1 Å². The summed E-state index contributed by atoms with van der Waals surface area (Å²) >= 11 is 1.49. The zero-order valence-corrected chi connectivity index (χ0v) is 17.3. The molecule has 0 saturated heterocycles. The van der Waals surface area contributed by atoms with Gasteiger partial charge in [-0.25, -0.2) is 9.37 Å². The molecule has 3 aromatic rings. The summed E-state index contributed by atoms with van der Waals surface area (Å²) in [5.74, 6) is 0.0614.